The van der Waals surface area contributed by atoms with Crippen LogP contribution in [0.25, 0.3) is 22.3 Å². The van der Waals surface area contributed by atoms with Crippen LogP contribution in [0.15, 0.2) is 54.7 Å². The SMILES string of the molecule is Cc1c(-c2ccccc2F)cnc(Cl)c1-c1ccccc1F. The van der Waals surface area contributed by atoms with Gasteiger partial charge >= 0.3 is 0 Å². The average Bonchev–Trinajstić information content (AvgIpc) is 2.50. The molecule has 0 bridgehead atoms. The molecule has 3 aromatic rings. The van der Waals surface area contributed by atoms with Crippen molar-refractivity contribution < 1.29 is 8.78 Å². The molecule has 0 spiro atoms. The summed E-state index contributed by atoms with van der Waals surface area (Å²) in [5, 5.41) is 0.197. The average molecular weight is 316 g/mol. The molecular formula is C18H12ClF2N. The zero-order valence-corrected chi connectivity index (χ0v) is 12.5. The lowest BCUT2D eigenvalue weighted by Gasteiger charge is -2.14. The summed E-state index contributed by atoms with van der Waals surface area (Å²) >= 11 is 6.16. The molecule has 0 saturated carbocycles. The molecule has 1 aromatic heterocycles. The standard InChI is InChI=1S/C18H12ClF2N/c1-11-14(12-6-2-4-8-15(12)20)10-22-18(19)17(11)13-7-3-5-9-16(13)21/h2-10H,1H3. The summed E-state index contributed by atoms with van der Waals surface area (Å²) in [7, 11) is 0. The van der Waals surface area contributed by atoms with Crippen LogP contribution < -0.4 is 0 Å². The molecule has 0 aliphatic carbocycles. The van der Waals surface area contributed by atoms with Crippen LogP contribution in [0.1, 0.15) is 5.56 Å². The van der Waals surface area contributed by atoms with E-state index in [-0.39, 0.29) is 16.8 Å². The van der Waals surface area contributed by atoms with Crippen molar-refractivity contribution in [1.29, 1.82) is 0 Å². The Morgan fingerprint density at radius 2 is 1.36 bits per heavy atom. The van der Waals surface area contributed by atoms with Gasteiger partial charge in [0.25, 0.3) is 0 Å². The van der Waals surface area contributed by atoms with Gasteiger partial charge in [-0.25, -0.2) is 13.8 Å². The molecule has 0 aliphatic rings. The molecule has 0 saturated heterocycles. The zero-order valence-electron chi connectivity index (χ0n) is 11.8. The summed E-state index contributed by atoms with van der Waals surface area (Å²) < 4.78 is 28.1. The van der Waals surface area contributed by atoms with Gasteiger partial charge in [0.05, 0.1) is 0 Å². The van der Waals surface area contributed by atoms with Gasteiger partial charge in [-0.3, -0.25) is 0 Å². The molecule has 0 N–H and O–H groups in total. The van der Waals surface area contributed by atoms with Crippen LogP contribution >= 0.6 is 11.6 Å². The van der Waals surface area contributed by atoms with Gasteiger partial charge in [-0.2, -0.15) is 0 Å². The van der Waals surface area contributed by atoms with E-state index in [1.54, 1.807) is 43.3 Å². The summed E-state index contributed by atoms with van der Waals surface area (Å²) in [4.78, 5) is 4.11. The lowest BCUT2D eigenvalue weighted by molar-refractivity contribution is 0.630. The van der Waals surface area contributed by atoms with E-state index in [0.717, 1.165) is 0 Å². The molecule has 0 atom stereocenters. The van der Waals surface area contributed by atoms with Crippen molar-refractivity contribution in [3.05, 3.63) is 77.1 Å². The predicted molar refractivity (Wildman–Crippen MR) is 84.8 cm³/mol. The van der Waals surface area contributed by atoms with Crippen LogP contribution in [0, 0.1) is 18.6 Å². The van der Waals surface area contributed by atoms with Gasteiger partial charge in [0.1, 0.15) is 16.8 Å². The molecule has 0 aliphatic heterocycles. The largest absolute Gasteiger partial charge is 0.243 e. The molecule has 0 amide bonds. The van der Waals surface area contributed by atoms with E-state index in [4.69, 9.17) is 11.6 Å². The molecular weight excluding hydrogens is 304 g/mol. The molecule has 4 heteroatoms. The number of halogens is 3. The van der Waals surface area contributed by atoms with Crippen molar-refractivity contribution in [2.75, 3.05) is 0 Å². The van der Waals surface area contributed by atoms with Crippen molar-refractivity contribution in [2.24, 2.45) is 0 Å². The Morgan fingerprint density at radius 1 is 0.818 bits per heavy atom. The Hall–Kier alpha value is -2.26. The first-order valence-corrected chi connectivity index (χ1v) is 7.12. The molecule has 0 fully saturated rings. The maximum atomic E-state index is 14.1. The number of hydrogen-bond donors (Lipinski definition) is 0. The van der Waals surface area contributed by atoms with Crippen LogP contribution in [0.5, 0.6) is 0 Å². The Kier molecular flexibility index (Phi) is 3.90. The smallest absolute Gasteiger partial charge is 0.137 e. The summed E-state index contributed by atoms with van der Waals surface area (Å²) in [6, 6.07) is 12.7. The first kappa shape index (κ1) is 14.7. The van der Waals surface area contributed by atoms with E-state index < -0.39 is 0 Å². The highest BCUT2D eigenvalue weighted by atomic mass is 35.5. The number of pyridine rings is 1. The molecule has 1 heterocycles. The van der Waals surface area contributed by atoms with Crippen LogP contribution in [0.4, 0.5) is 8.78 Å². The Balaban J connectivity index is 2.28. The first-order chi connectivity index (χ1) is 10.6. The normalized spacial score (nSPS) is 10.7. The Bertz CT molecular complexity index is 846. The molecule has 2 aromatic carbocycles. The summed E-state index contributed by atoms with van der Waals surface area (Å²) in [6.07, 6.45) is 1.51. The van der Waals surface area contributed by atoms with Crippen LogP contribution in [-0.2, 0) is 0 Å². The number of hydrogen-bond acceptors (Lipinski definition) is 1. The van der Waals surface area contributed by atoms with Crippen LogP contribution in [0.3, 0.4) is 0 Å². The van der Waals surface area contributed by atoms with E-state index in [9.17, 15) is 8.78 Å². The van der Waals surface area contributed by atoms with Crippen molar-refractivity contribution >= 4 is 11.6 Å². The van der Waals surface area contributed by atoms with E-state index in [1.807, 2.05) is 0 Å². The highest BCUT2D eigenvalue weighted by Gasteiger charge is 2.17. The topological polar surface area (TPSA) is 12.9 Å². The fourth-order valence-electron chi connectivity index (χ4n) is 2.50. The van der Waals surface area contributed by atoms with E-state index in [2.05, 4.69) is 4.98 Å². The summed E-state index contributed by atoms with van der Waals surface area (Å²) in [5.41, 5.74) is 2.55. The third kappa shape index (κ3) is 2.48. The van der Waals surface area contributed by atoms with Gasteiger partial charge in [0.2, 0.25) is 0 Å². The van der Waals surface area contributed by atoms with Gasteiger partial charge in [-0.1, -0.05) is 48.0 Å². The van der Waals surface area contributed by atoms with Crippen molar-refractivity contribution in [3.8, 4) is 22.3 Å². The fraction of sp³-hybridized carbons (Fsp3) is 0.0556. The van der Waals surface area contributed by atoms with Gasteiger partial charge in [-0.15, -0.1) is 0 Å². The maximum absolute atomic E-state index is 14.1. The third-order valence-electron chi connectivity index (χ3n) is 3.60. The fourth-order valence-corrected chi connectivity index (χ4v) is 2.79. The second-order valence-corrected chi connectivity index (χ2v) is 5.28. The molecule has 0 unspecified atom stereocenters. The van der Waals surface area contributed by atoms with E-state index in [0.29, 0.717) is 27.8 Å². The molecule has 22 heavy (non-hydrogen) atoms. The minimum absolute atomic E-state index is 0.197. The van der Waals surface area contributed by atoms with Crippen molar-refractivity contribution in [1.82, 2.24) is 4.98 Å². The molecule has 1 nitrogen and oxygen atoms in total. The first-order valence-electron chi connectivity index (χ1n) is 6.74. The molecule has 3 rings (SSSR count). The Morgan fingerprint density at radius 3 is 1.95 bits per heavy atom. The molecule has 110 valence electrons. The van der Waals surface area contributed by atoms with E-state index >= 15 is 0 Å². The van der Waals surface area contributed by atoms with E-state index in [1.165, 1.54) is 18.3 Å². The van der Waals surface area contributed by atoms with Gasteiger partial charge in [-0.05, 0) is 24.6 Å². The van der Waals surface area contributed by atoms with Crippen molar-refractivity contribution in [3.63, 3.8) is 0 Å². The molecule has 0 radical (unpaired) electrons. The minimum Gasteiger partial charge on any atom is -0.243 e. The van der Waals surface area contributed by atoms with Gasteiger partial charge < -0.3 is 0 Å². The highest BCUT2D eigenvalue weighted by Crippen LogP contribution is 2.37. The van der Waals surface area contributed by atoms with Crippen LogP contribution in [-0.4, -0.2) is 4.98 Å². The van der Waals surface area contributed by atoms with Crippen LogP contribution in [0.2, 0.25) is 5.15 Å². The summed E-state index contributed by atoms with van der Waals surface area (Å²) in [6.45, 7) is 1.79. The van der Waals surface area contributed by atoms with Gasteiger partial charge in [0.15, 0.2) is 0 Å². The van der Waals surface area contributed by atoms with Crippen molar-refractivity contribution in [2.45, 2.75) is 6.92 Å². The highest BCUT2D eigenvalue weighted by molar-refractivity contribution is 6.32. The maximum Gasteiger partial charge on any atom is 0.137 e. The minimum atomic E-state index is -0.389. The monoisotopic (exact) mass is 315 g/mol. The number of nitrogens with zero attached hydrogens (tertiary/aromatic N) is 1. The number of benzene rings is 2. The summed E-state index contributed by atoms with van der Waals surface area (Å²) in [5.74, 6) is -0.741. The quantitative estimate of drug-likeness (QED) is 0.556. The zero-order chi connectivity index (χ0) is 15.7. The number of aromatic nitrogens is 1. The predicted octanol–water partition coefficient (Wildman–Crippen LogP) is 5.66. The lowest BCUT2D eigenvalue weighted by Crippen LogP contribution is -1.96. The third-order valence-corrected chi connectivity index (χ3v) is 3.89. The number of rotatable bonds is 2. The lowest BCUT2D eigenvalue weighted by atomic mass is 9.95. The second-order valence-electron chi connectivity index (χ2n) is 4.92. The Labute approximate surface area is 132 Å². The second kappa shape index (κ2) is 5.85. The van der Waals surface area contributed by atoms with Gasteiger partial charge in [0, 0.05) is 28.5 Å².